The summed E-state index contributed by atoms with van der Waals surface area (Å²) < 4.78 is 24.1. The van der Waals surface area contributed by atoms with Gasteiger partial charge in [0.25, 0.3) is 6.43 Å². The lowest BCUT2D eigenvalue weighted by molar-refractivity contribution is 0.0470. The molecule has 64 valence electrons. The van der Waals surface area contributed by atoms with Crippen LogP contribution in [-0.4, -0.2) is 35.1 Å². The first-order valence-electron chi connectivity index (χ1n) is 3.40. The Morgan fingerprint density at radius 3 is 2.64 bits per heavy atom. The molecule has 1 rings (SSSR count). The zero-order valence-corrected chi connectivity index (χ0v) is 5.83. The number of hydrogen-bond donors (Lipinski definition) is 1. The van der Waals surface area contributed by atoms with Crippen molar-refractivity contribution in [3.8, 4) is 0 Å². The van der Waals surface area contributed by atoms with Gasteiger partial charge in [-0.2, -0.15) is 0 Å². The van der Waals surface area contributed by atoms with Gasteiger partial charge < -0.3 is 5.11 Å². The number of rotatable bonds is 1. The van der Waals surface area contributed by atoms with Gasteiger partial charge in [-0.25, -0.2) is 13.6 Å². The van der Waals surface area contributed by atoms with Crippen LogP contribution >= 0.6 is 0 Å². The van der Waals surface area contributed by atoms with Crippen molar-refractivity contribution in [3.05, 3.63) is 0 Å². The molecule has 0 aromatic carbocycles. The van der Waals surface area contributed by atoms with Gasteiger partial charge in [0.05, 0.1) is 6.04 Å². The summed E-state index contributed by atoms with van der Waals surface area (Å²) in [6, 6.07) is -1.08. The molecule has 3 nitrogen and oxygen atoms in total. The second-order valence-electron chi connectivity index (χ2n) is 2.52. The van der Waals surface area contributed by atoms with Crippen LogP contribution in [0.2, 0.25) is 0 Å². The van der Waals surface area contributed by atoms with Crippen molar-refractivity contribution in [1.82, 2.24) is 4.90 Å². The highest BCUT2D eigenvalue weighted by atomic mass is 19.3. The van der Waals surface area contributed by atoms with E-state index in [0.29, 0.717) is 6.42 Å². The van der Waals surface area contributed by atoms with Crippen molar-refractivity contribution in [2.75, 3.05) is 6.54 Å². The summed E-state index contributed by atoms with van der Waals surface area (Å²) in [6.45, 7) is 0.240. The minimum atomic E-state index is -2.55. The maximum atomic E-state index is 12.0. The van der Waals surface area contributed by atoms with Crippen molar-refractivity contribution in [2.24, 2.45) is 0 Å². The normalized spacial score (nSPS) is 24.6. The molecule has 0 aromatic heterocycles. The quantitative estimate of drug-likeness (QED) is 0.637. The number of amides is 1. The molecule has 1 heterocycles. The van der Waals surface area contributed by atoms with Crippen LogP contribution in [0.5, 0.6) is 0 Å². The maximum Gasteiger partial charge on any atom is 0.407 e. The summed E-state index contributed by atoms with van der Waals surface area (Å²) in [7, 11) is 0. The van der Waals surface area contributed by atoms with E-state index < -0.39 is 18.6 Å². The largest absolute Gasteiger partial charge is 0.465 e. The first-order valence-corrected chi connectivity index (χ1v) is 3.40. The molecule has 1 atom stereocenters. The predicted octanol–water partition coefficient (Wildman–Crippen LogP) is 1.39. The Balaban J connectivity index is 2.58. The molecule has 1 unspecified atom stereocenters. The topological polar surface area (TPSA) is 40.5 Å². The van der Waals surface area contributed by atoms with Gasteiger partial charge in [-0.05, 0) is 12.8 Å². The first kappa shape index (κ1) is 8.23. The second-order valence-corrected chi connectivity index (χ2v) is 2.52. The molecule has 0 aromatic rings. The van der Waals surface area contributed by atoms with E-state index in [4.69, 9.17) is 5.11 Å². The summed E-state index contributed by atoms with van der Waals surface area (Å²) in [6.07, 6.45) is -2.97. The lowest BCUT2D eigenvalue weighted by Crippen LogP contribution is -2.38. The summed E-state index contributed by atoms with van der Waals surface area (Å²) in [5.74, 6) is 0. The first-order chi connectivity index (χ1) is 5.13. The Morgan fingerprint density at radius 2 is 2.27 bits per heavy atom. The van der Waals surface area contributed by atoms with Crippen molar-refractivity contribution in [2.45, 2.75) is 25.3 Å². The molecule has 11 heavy (non-hydrogen) atoms. The zero-order chi connectivity index (χ0) is 8.43. The molecule has 1 fully saturated rings. The van der Waals surface area contributed by atoms with E-state index in [2.05, 4.69) is 0 Å². The summed E-state index contributed by atoms with van der Waals surface area (Å²) in [5, 5.41) is 8.43. The van der Waals surface area contributed by atoms with Crippen molar-refractivity contribution in [1.29, 1.82) is 0 Å². The number of alkyl halides is 2. The van der Waals surface area contributed by atoms with Gasteiger partial charge in [0.1, 0.15) is 0 Å². The molecule has 1 aliphatic rings. The number of nitrogens with zero attached hydrogens (tertiary/aromatic N) is 1. The van der Waals surface area contributed by atoms with Gasteiger partial charge in [0.15, 0.2) is 0 Å². The third-order valence-corrected chi connectivity index (χ3v) is 1.84. The summed E-state index contributed by atoms with van der Waals surface area (Å²) in [4.78, 5) is 11.1. The second kappa shape index (κ2) is 3.02. The fraction of sp³-hybridized carbons (Fsp3) is 0.833. The highest BCUT2D eigenvalue weighted by molar-refractivity contribution is 5.65. The van der Waals surface area contributed by atoms with Crippen LogP contribution in [0.3, 0.4) is 0 Å². The van der Waals surface area contributed by atoms with Crippen molar-refractivity contribution >= 4 is 6.09 Å². The van der Waals surface area contributed by atoms with Gasteiger partial charge in [-0.15, -0.1) is 0 Å². The third kappa shape index (κ3) is 1.58. The third-order valence-electron chi connectivity index (χ3n) is 1.84. The Hall–Kier alpha value is -0.870. The molecule has 0 spiro atoms. The van der Waals surface area contributed by atoms with Crippen LogP contribution in [0.4, 0.5) is 13.6 Å². The van der Waals surface area contributed by atoms with Crippen LogP contribution in [-0.2, 0) is 0 Å². The maximum absolute atomic E-state index is 12.0. The van der Waals surface area contributed by atoms with E-state index in [-0.39, 0.29) is 13.0 Å². The van der Waals surface area contributed by atoms with Crippen molar-refractivity contribution in [3.63, 3.8) is 0 Å². The van der Waals surface area contributed by atoms with E-state index in [1.807, 2.05) is 0 Å². The van der Waals surface area contributed by atoms with Gasteiger partial charge in [0, 0.05) is 6.54 Å². The fourth-order valence-corrected chi connectivity index (χ4v) is 1.29. The smallest absolute Gasteiger partial charge is 0.407 e. The van der Waals surface area contributed by atoms with Crippen LogP contribution in [0.25, 0.3) is 0 Å². The van der Waals surface area contributed by atoms with Crippen LogP contribution < -0.4 is 0 Å². The van der Waals surface area contributed by atoms with Gasteiger partial charge in [-0.1, -0.05) is 0 Å². The molecule has 0 radical (unpaired) electrons. The zero-order valence-electron chi connectivity index (χ0n) is 5.83. The minimum absolute atomic E-state index is 0.240. The molecule has 0 saturated carbocycles. The molecular weight excluding hydrogens is 156 g/mol. The minimum Gasteiger partial charge on any atom is -0.465 e. The van der Waals surface area contributed by atoms with Crippen LogP contribution in [0, 0.1) is 0 Å². The van der Waals surface area contributed by atoms with Gasteiger partial charge >= 0.3 is 6.09 Å². The molecule has 1 saturated heterocycles. The lowest BCUT2D eigenvalue weighted by atomic mass is 10.2. The fourth-order valence-electron chi connectivity index (χ4n) is 1.29. The van der Waals surface area contributed by atoms with Crippen LogP contribution in [0.15, 0.2) is 0 Å². The van der Waals surface area contributed by atoms with Gasteiger partial charge in [-0.3, -0.25) is 4.90 Å². The molecule has 1 N–H and O–H groups in total. The molecule has 1 amide bonds. The van der Waals surface area contributed by atoms with Gasteiger partial charge in [0.2, 0.25) is 0 Å². The summed E-state index contributed by atoms with van der Waals surface area (Å²) >= 11 is 0. The lowest BCUT2D eigenvalue weighted by Gasteiger charge is -2.19. The predicted molar refractivity (Wildman–Crippen MR) is 33.8 cm³/mol. The summed E-state index contributed by atoms with van der Waals surface area (Å²) in [5.41, 5.74) is 0. The highest BCUT2D eigenvalue weighted by Crippen LogP contribution is 2.22. The molecule has 1 aliphatic heterocycles. The molecule has 5 heteroatoms. The monoisotopic (exact) mass is 165 g/mol. The number of likely N-dealkylation sites (tertiary alicyclic amines) is 1. The SMILES string of the molecule is O=C(O)N1CCCC1C(F)F. The standard InChI is InChI=1S/C6H9F2NO2/c7-5(8)4-2-1-3-9(4)6(10)11/h4-5H,1-3H2,(H,10,11). The Kier molecular flexibility index (Phi) is 2.26. The number of carbonyl (C=O) groups is 1. The van der Waals surface area contributed by atoms with E-state index in [1.165, 1.54) is 0 Å². The number of halogens is 2. The number of hydrogen-bond acceptors (Lipinski definition) is 1. The molecular formula is C6H9F2NO2. The van der Waals surface area contributed by atoms with E-state index in [1.54, 1.807) is 0 Å². The average molecular weight is 165 g/mol. The van der Waals surface area contributed by atoms with E-state index in [0.717, 1.165) is 4.90 Å². The van der Waals surface area contributed by atoms with Crippen LogP contribution in [0.1, 0.15) is 12.8 Å². The molecule has 0 bridgehead atoms. The number of carboxylic acid groups (broad SMARTS) is 1. The van der Waals surface area contributed by atoms with E-state index >= 15 is 0 Å². The van der Waals surface area contributed by atoms with E-state index in [9.17, 15) is 13.6 Å². The highest BCUT2D eigenvalue weighted by Gasteiger charge is 2.34. The molecule has 0 aliphatic carbocycles. The van der Waals surface area contributed by atoms with Crippen molar-refractivity contribution < 1.29 is 18.7 Å². The average Bonchev–Trinajstić information content (AvgIpc) is 2.32. The Bertz CT molecular complexity index is 163. The Labute approximate surface area is 62.6 Å². The Morgan fingerprint density at radius 1 is 1.64 bits per heavy atom.